The Balaban J connectivity index is 1.69. The van der Waals surface area contributed by atoms with Crippen molar-refractivity contribution in [1.29, 1.82) is 0 Å². The first-order valence-corrected chi connectivity index (χ1v) is 9.39. The Morgan fingerprint density at radius 3 is 2.77 bits per heavy atom. The molecule has 1 aliphatic rings. The fraction of sp³-hybridized carbons (Fsp3) is 0.409. The number of piperidine rings is 1. The Hall–Kier alpha value is -2.17. The number of hydrogen-bond donors (Lipinski definition) is 1. The number of hydrogen-bond acceptors (Lipinski definition) is 3. The molecule has 2 atom stereocenters. The second-order valence-corrected chi connectivity index (χ2v) is 6.96. The van der Waals surface area contributed by atoms with E-state index >= 15 is 0 Å². The van der Waals surface area contributed by atoms with Gasteiger partial charge in [0.15, 0.2) is 0 Å². The van der Waals surface area contributed by atoms with E-state index in [-0.39, 0.29) is 18.1 Å². The lowest BCUT2D eigenvalue weighted by atomic mass is 10.00. The van der Waals surface area contributed by atoms with E-state index in [9.17, 15) is 4.79 Å². The summed E-state index contributed by atoms with van der Waals surface area (Å²) >= 11 is 0. The summed E-state index contributed by atoms with van der Waals surface area (Å²) in [5, 5.41) is 3.11. The van der Waals surface area contributed by atoms with Crippen molar-refractivity contribution in [3.8, 4) is 0 Å². The topological polar surface area (TPSA) is 41.6 Å². The summed E-state index contributed by atoms with van der Waals surface area (Å²) in [6, 6.07) is 18.2. The lowest BCUT2D eigenvalue weighted by Crippen LogP contribution is -2.46. The first-order valence-electron chi connectivity index (χ1n) is 9.39. The number of nitrogens with one attached hydrogen (secondary N) is 1. The average molecular weight is 352 g/mol. The van der Waals surface area contributed by atoms with E-state index in [0.29, 0.717) is 0 Å². The monoisotopic (exact) mass is 352 g/mol. The molecule has 0 aromatic heterocycles. The molecule has 2 aromatic carbocycles. The maximum atomic E-state index is 12.9. The molecule has 26 heavy (non-hydrogen) atoms. The number of anilines is 1. The van der Waals surface area contributed by atoms with Gasteiger partial charge in [-0.1, -0.05) is 48.9 Å². The molecule has 1 N–H and O–H groups in total. The predicted molar refractivity (Wildman–Crippen MR) is 105 cm³/mol. The molecular formula is C22H28N2O2. The third-order valence-corrected chi connectivity index (χ3v) is 5.12. The van der Waals surface area contributed by atoms with Crippen LogP contribution >= 0.6 is 0 Å². The highest BCUT2D eigenvalue weighted by atomic mass is 16.5. The van der Waals surface area contributed by atoms with Crippen LogP contribution in [-0.2, 0) is 16.1 Å². The molecule has 0 bridgehead atoms. The smallest absolute Gasteiger partial charge is 0.241 e. The number of carbonyl (C=O) groups is 1. The van der Waals surface area contributed by atoms with Crippen LogP contribution in [0, 0.1) is 0 Å². The van der Waals surface area contributed by atoms with Crippen LogP contribution in [0.1, 0.15) is 43.4 Å². The molecule has 138 valence electrons. The molecule has 0 aliphatic carbocycles. The number of likely N-dealkylation sites (tertiary alicyclic amines) is 1. The molecule has 0 unspecified atom stereocenters. The fourth-order valence-electron chi connectivity index (χ4n) is 3.53. The lowest BCUT2D eigenvalue weighted by molar-refractivity contribution is -0.122. The van der Waals surface area contributed by atoms with Crippen molar-refractivity contribution in [2.45, 2.75) is 44.9 Å². The Morgan fingerprint density at radius 2 is 2.00 bits per heavy atom. The van der Waals surface area contributed by atoms with E-state index in [2.05, 4.69) is 34.5 Å². The van der Waals surface area contributed by atoms with Crippen LogP contribution in [0.25, 0.3) is 0 Å². The molecule has 0 radical (unpaired) electrons. The second-order valence-electron chi connectivity index (χ2n) is 6.96. The molecule has 1 aliphatic heterocycles. The van der Waals surface area contributed by atoms with Gasteiger partial charge in [0.1, 0.15) is 0 Å². The fourth-order valence-corrected chi connectivity index (χ4v) is 3.53. The van der Waals surface area contributed by atoms with Gasteiger partial charge in [-0.25, -0.2) is 0 Å². The summed E-state index contributed by atoms with van der Waals surface area (Å²) in [5.74, 6) is 0.0860. The molecular weight excluding hydrogens is 324 g/mol. The summed E-state index contributed by atoms with van der Waals surface area (Å²) < 4.78 is 5.38. The van der Waals surface area contributed by atoms with Gasteiger partial charge in [0, 0.05) is 19.3 Å². The molecule has 1 fully saturated rings. The summed E-state index contributed by atoms with van der Waals surface area (Å²) in [5.41, 5.74) is 3.15. The number of ether oxygens (including phenoxy) is 1. The number of methoxy groups -OCH3 is 1. The van der Waals surface area contributed by atoms with Crippen LogP contribution in [0.3, 0.4) is 0 Å². The first kappa shape index (κ1) is 18.6. The van der Waals surface area contributed by atoms with Crippen LogP contribution in [0.15, 0.2) is 54.6 Å². The molecule has 2 aromatic rings. The van der Waals surface area contributed by atoms with E-state index in [1.807, 2.05) is 37.3 Å². The predicted octanol–water partition coefficient (Wildman–Crippen LogP) is 4.39. The summed E-state index contributed by atoms with van der Waals surface area (Å²) in [6.07, 6.45) is 3.17. The van der Waals surface area contributed by atoms with E-state index in [1.165, 1.54) is 5.56 Å². The SMILES string of the molecule is CO[C@@H](C)c1cccc(NC(=O)[C@@H]2CCCCN2Cc2ccccc2)c1. The average Bonchev–Trinajstić information content (AvgIpc) is 2.68. The normalized spacial score (nSPS) is 19.1. The number of rotatable bonds is 6. The van der Waals surface area contributed by atoms with Crippen LogP contribution in [0.5, 0.6) is 0 Å². The quantitative estimate of drug-likeness (QED) is 0.838. The van der Waals surface area contributed by atoms with E-state index in [4.69, 9.17) is 4.74 Å². The van der Waals surface area contributed by atoms with Crippen molar-refractivity contribution < 1.29 is 9.53 Å². The zero-order valence-corrected chi connectivity index (χ0v) is 15.7. The summed E-state index contributed by atoms with van der Waals surface area (Å²) in [6.45, 7) is 3.79. The molecule has 1 saturated heterocycles. The van der Waals surface area contributed by atoms with Crippen molar-refractivity contribution in [1.82, 2.24) is 4.90 Å². The number of carbonyl (C=O) groups excluding carboxylic acids is 1. The first-order chi connectivity index (χ1) is 12.7. The van der Waals surface area contributed by atoms with Gasteiger partial charge in [0.25, 0.3) is 0 Å². The van der Waals surface area contributed by atoms with Gasteiger partial charge in [-0.05, 0) is 49.6 Å². The zero-order chi connectivity index (χ0) is 18.4. The highest BCUT2D eigenvalue weighted by molar-refractivity contribution is 5.95. The van der Waals surface area contributed by atoms with Gasteiger partial charge in [-0.3, -0.25) is 9.69 Å². The van der Waals surface area contributed by atoms with E-state index < -0.39 is 0 Å². The minimum absolute atomic E-state index is 0.0103. The van der Waals surface area contributed by atoms with Crippen molar-refractivity contribution in [2.75, 3.05) is 19.0 Å². The van der Waals surface area contributed by atoms with Crippen molar-refractivity contribution in [2.24, 2.45) is 0 Å². The van der Waals surface area contributed by atoms with Gasteiger partial charge in [-0.2, -0.15) is 0 Å². The molecule has 0 spiro atoms. The van der Waals surface area contributed by atoms with Gasteiger partial charge in [-0.15, -0.1) is 0 Å². The highest BCUT2D eigenvalue weighted by Crippen LogP contribution is 2.23. The van der Waals surface area contributed by atoms with Crippen LogP contribution in [0.4, 0.5) is 5.69 Å². The Bertz CT molecular complexity index is 717. The Labute approximate surface area is 156 Å². The maximum absolute atomic E-state index is 12.9. The largest absolute Gasteiger partial charge is 0.377 e. The number of nitrogens with zero attached hydrogens (tertiary/aromatic N) is 1. The van der Waals surface area contributed by atoms with Crippen LogP contribution in [0.2, 0.25) is 0 Å². The summed E-state index contributed by atoms with van der Waals surface area (Å²) in [7, 11) is 1.69. The van der Waals surface area contributed by atoms with E-state index in [1.54, 1.807) is 7.11 Å². The summed E-state index contributed by atoms with van der Waals surface area (Å²) in [4.78, 5) is 15.2. The van der Waals surface area contributed by atoms with Gasteiger partial charge >= 0.3 is 0 Å². The highest BCUT2D eigenvalue weighted by Gasteiger charge is 2.28. The third kappa shape index (κ3) is 4.71. The van der Waals surface area contributed by atoms with Crippen LogP contribution < -0.4 is 5.32 Å². The van der Waals surface area contributed by atoms with Gasteiger partial charge in [0.05, 0.1) is 12.1 Å². The Morgan fingerprint density at radius 1 is 1.19 bits per heavy atom. The van der Waals surface area contributed by atoms with Crippen molar-refractivity contribution in [3.63, 3.8) is 0 Å². The zero-order valence-electron chi connectivity index (χ0n) is 15.7. The molecule has 3 rings (SSSR count). The minimum atomic E-state index is -0.0764. The molecule has 1 amide bonds. The molecule has 0 saturated carbocycles. The molecule has 1 heterocycles. The molecule has 4 nitrogen and oxygen atoms in total. The van der Waals surface area contributed by atoms with Crippen molar-refractivity contribution in [3.05, 3.63) is 65.7 Å². The second kappa shape index (κ2) is 8.97. The number of benzene rings is 2. The maximum Gasteiger partial charge on any atom is 0.241 e. The number of amides is 1. The Kier molecular flexibility index (Phi) is 6.42. The molecule has 4 heteroatoms. The van der Waals surface area contributed by atoms with Crippen molar-refractivity contribution >= 4 is 11.6 Å². The minimum Gasteiger partial charge on any atom is -0.377 e. The third-order valence-electron chi connectivity index (χ3n) is 5.12. The van der Waals surface area contributed by atoms with Gasteiger partial charge < -0.3 is 10.1 Å². The van der Waals surface area contributed by atoms with Crippen LogP contribution in [-0.4, -0.2) is 30.5 Å². The van der Waals surface area contributed by atoms with E-state index in [0.717, 1.165) is 43.6 Å². The lowest BCUT2D eigenvalue weighted by Gasteiger charge is -2.34. The standard InChI is InChI=1S/C22H28N2O2/c1-17(26-2)19-11-8-12-20(15-19)23-22(25)21-13-6-7-14-24(21)16-18-9-4-3-5-10-18/h3-5,8-12,15,17,21H,6-7,13-14,16H2,1-2H3,(H,23,25)/t17-,21-/m0/s1. The van der Waals surface area contributed by atoms with Gasteiger partial charge in [0.2, 0.25) is 5.91 Å².